The van der Waals surface area contributed by atoms with Crippen LogP contribution in [0, 0.1) is 0 Å². The number of anilines is 1. The number of hydrogen-bond acceptors (Lipinski definition) is 2. The predicted molar refractivity (Wildman–Crippen MR) is 79.3 cm³/mol. The van der Waals surface area contributed by atoms with Crippen molar-refractivity contribution < 1.29 is 4.74 Å². The summed E-state index contributed by atoms with van der Waals surface area (Å²) in [5, 5.41) is 0. The molecule has 3 rings (SSSR count). The van der Waals surface area contributed by atoms with Crippen LogP contribution in [0.2, 0.25) is 0 Å². The second kappa shape index (κ2) is 5.54. The monoisotopic (exact) mass is 273 g/mol. The standard InChI is InChI=1S/C16H16ClNO/c17-10-5-11-18-12-13-6-1-3-8-15(13)19-16-9-4-2-7-14(16)18/h1-4,6-9H,5,10-12H2. The Morgan fingerprint density at radius 1 is 1.00 bits per heavy atom. The SMILES string of the molecule is ClCCCN1Cc2ccccc2Oc2ccccc21. The molecule has 0 fully saturated rings. The minimum Gasteiger partial charge on any atom is -0.455 e. The summed E-state index contributed by atoms with van der Waals surface area (Å²) < 4.78 is 6.04. The van der Waals surface area contributed by atoms with Gasteiger partial charge in [-0.25, -0.2) is 0 Å². The van der Waals surface area contributed by atoms with Crippen LogP contribution in [0.1, 0.15) is 12.0 Å². The molecule has 19 heavy (non-hydrogen) atoms. The minimum absolute atomic E-state index is 0.682. The summed E-state index contributed by atoms with van der Waals surface area (Å²) in [7, 11) is 0. The molecule has 2 nitrogen and oxygen atoms in total. The summed E-state index contributed by atoms with van der Waals surface area (Å²) in [6.07, 6.45) is 0.970. The Balaban J connectivity index is 2.01. The van der Waals surface area contributed by atoms with Crippen LogP contribution in [0.3, 0.4) is 0 Å². The summed E-state index contributed by atoms with van der Waals surface area (Å²) >= 11 is 5.83. The van der Waals surface area contributed by atoms with E-state index in [0.717, 1.165) is 36.7 Å². The molecule has 98 valence electrons. The van der Waals surface area contributed by atoms with E-state index < -0.39 is 0 Å². The van der Waals surface area contributed by atoms with Crippen molar-refractivity contribution in [2.45, 2.75) is 13.0 Å². The Labute approximate surface area is 118 Å². The average Bonchev–Trinajstić information content (AvgIpc) is 2.61. The molecule has 0 bridgehead atoms. The lowest BCUT2D eigenvalue weighted by Gasteiger charge is -2.23. The van der Waals surface area contributed by atoms with Crippen LogP contribution in [-0.2, 0) is 6.54 Å². The fourth-order valence-corrected chi connectivity index (χ4v) is 2.52. The van der Waals surface area contributed by atoms with E-state index in [1.165, 1.54) is 5.56 Å². The molecule has 2 aromatic carbocycles. The number of nitrogens with zero attached hydrogens (tertiary/aromatic N) is 1. The Hall–Kier alpha value is -1.67. The molecular formula is C16H16ClNO. The first-order valence-electron chi connectivity index (χ1n) is 6.54. The quantitative estimate of drug-likeness (QED) is 0.767. The highest BCUT2D eigenvalue weighted by Gasteiger charge is 2.19. The van der Waals surface area contributed by atoms with Gasteiger partial charge in [-0.2, -0.15) is 0 Å². The van der Waals surface area contributed by atoms with E-state index in [4.69, 9.17) is 16.3 Å². The molecule has 0 aromatic heterocycles. The molecule has 1 heterocycles. The van der Waals surface area contributed by atoms with Gasteiger partial charge in [0.05, 0.1) is 5.69 Å². The highest BCUT2D eigenvalue weighted by Crippen LogP contribution is 2.38. The fourth-order valence-electron chi connectivity index (χ4n) is 2.40. The molecule has 1 aliphatic rings. The Morgan fingerprint density at radius 3 is 2.58 bits per heavy atom. The van der Waals surface area contributed by atoms with Crippen molar-refractivity contribution in [3.8, 4) is 11.5 Å². The van der Waals surface area contributed by atoms with Gasteiger partial charge in [-0.15, -0.1) is 11.6 Å². The van der Waals surface area contributed by atoms with E-state index in [9.17, 15) is 0 Å². The molecular weight excluding hydrogens is 258 g/mol. The largest absolute Gasteiger partial charge is 0.455 e. The fraction of sp³-hybridized carbons (Fsp3) is 0.250. The van der Waals surface area contributed by atoms with Crippen LogP contribution in [0.25, 0.3) is 0 Å². The molecule has 0 unspecified atom stereocenters. The van der Waals surface area contributed by atoms with Crippen molar-refractivity contribution in [2.24, 2.45) is 0 Å². The van der Waals surface area contributed by atoms with Gasteiger partial charge in [0.2, 0.25) is 0 Å². The van der Waals surface area contributed by atoms with Crippen molar-refractivity contribution in [3.05, 3.63) is 54.1 Å². The zero-order chi connectivity index (χ0) is 13.1. The lowest BCUT2D eigenvalue weighted by Crippen LogP contribution is -2.23. The zero-order valence-electron chi connectivity index (χ0n) is 10.7. The first kappa shape index (κ1) is 12.4. The van der Waals surface area contributed by atoms with Crippen molar-refractivity contribution in [2.75, 3.05) is 17.3 Å². The third kappa shape index (κ3) is 2.54. The van der Waals surface area contributed by atoms with Crippen LogP contribution in [0.4, 0.5) is 5.69 Å². The molecule has 0 spiro atoms. The van der Waals surface area contributed by atoms with Crippen LogP contribution < -0.4 is 9.64 Å². The number of alkyl halides is 1. The van der Waals surface area contributed by atoms with Crippen molar-refractivity contribution >= 4 is 17.3 Å². The number of hydrogen-bond donors (Lipinski definition) is 0. The van der Waals surface area contributed by atoms with Gasteiger partial charge in [0.1, 0.15) is 5.75 Å². The molecule has 0 radical (unpaired) electrons. The molecule has 0 amide bonds. The molecule has 0 saturated carbocycles. The van der Waals surface area contributed by atoms with Crippen molar-refractivity contribution in [1.29, 1.82) is 0 Å². The summed E-state index contributed by atoms with van der Waals surface area (Å²) in [6.45, 7) is 1.81. The zero-order valence-corrected chi connectivity index (χ0v) is 11.4. The van der Waals surface area contributed by atoms with E-state index in [1.807, 2.05) is 30.3 Å². The Kier molecular flexibility index (Phi) is 3.60. The molecule has 0 saturated heterocycles. The first-order chi connectivity index (χ1) is 9.38. The lowest BCUT2D eigenvalue weighted by molar-refractivity contribution is 0.483. The summed E-state index contributed by atoms with van der Waals surface area (Å²) in [6, 6.07) is 16.4. The van der Waals surface area contributed by atoms with Gasteiger partial charge in [-0.3, -0.25) is 0 Å². The van der Waals surface area contributed by atoms with Crippen molar-refractivity contribution in [3.63, 3.8) is 0 Å². The number of benzene rings is 2. The topological polar surface area (TPSA) is 12.5 Å². The van der Waals surface area contributed by atoms with Gasteiger partial charge >= 0.3 is 0 Å². The van der Waals surface area contributed by atoms with Gasteiger partial charge < -0.3 is 9.64 Å². The highest BCUT2D eigenvalue weighted by molar-refractivity contribution is 6.17. The minimum atomic E-state index is 0.682. The van der Waals surface area contributed by atoms with Gasteiger partial charge in [-0.05, 0) is 24.6 Å². The average molecular weight is 274 g/mol. The molecule has 2 aromatic rings. The van der Waals surface area contributed by atoms with E-state index in [-0.39, 0.29) is 0 Å². The lowest BCUT2D eigenvalue weighted by atomic mass is 10.2. The number of fused-ring (bicyclic) bond motifs is 2. The second-order valence-corrected chi connectivity index (χ2v) is 5.02. The van der Waals surface area contributed by atoms with Gasteiger partial charge in [0.15, 0.2) is 5.75 Å². The van der Waals surface area contributed by atoms with Crippen molar-refractivity contribution in [1.82, 2.24) is 0 Å². The van der Waals surface area contributed by atoms with Crippen LogP contribution in [0.15, 0.2) is 48.5 Å². The molecule has 0 atom stereocenters. The smallest absolute Gasteiger partial charge is 0.150 e. The molecule has 0 N–H and O–H groups in total. The normalized spacial score (nSPS) is 13.2. The van der Waals surface area contributed by atoms with E-state index in [0.29, 0.717) is 5.88 Å². The summed E-state index contributed by atoms with van der Waals surface area (Å²) in [5.41, 5.74) is 2.36. The Morgan fingerprint density at radius 2 is 1.74 bits per heavy atom. The van der Waals surface area contributed by atoms with Gasteiger partial charge in [0.25, 0.3) is 0 Å². The van der Waals surface area contributed by atoms with Gasteiger partial charge in [0, 0.05) is 24.5 Å². The van der Waals surface area contributed by atoms with Gasteiger partial charge in [-0.1, -0.05) is 30.3 Å². The summed E-state index contributed by atoms with van der Waals surface area (Å²) in [5.74, 6) is 2.55. The second-order valence-electron chi connectivity index (χ2n) is 4.64. The number of para-hydroxylation sites is 3. The number of halogens is 1. The highest BCUT2D eigenvalue weighted by atomic mass is 35.5. The number of ether oxygens (including phenoxy) is 1. The number of rotatable bonds is 3. The maximum absolute atomic E-state index is 6.04. The van der Waals surface area contributed by atoms with E-state index >= 15 is 0 Å². The van der Waals surface area contributed by atoms with E-state index in [2.05, 4.69) is 23.1 Å². The third-order valence-corrected chi connectivity index (χ3v) is 3.59. The first-order valence-corrected chi connectivity index (χ1v) is 7.07. The van der Waals surface area contributed by atoms with Crippen LogP contribution >= 0.6 is 11.6 Å². The Bertz CT molecular complexity index is 570. The molecule has 3 heteroatoms. The molecule has 1 aliphatic heterocycles. The predicted octanol–water partition coefficient (Wildman–Crippen LogP) is 4.43. The van der Waals surface area contributed by atoms with Crippen LogP contribution in [0.5, 0.6) is 11.5 Å². The maximum atomic E-state index is 6.04. The van der Waals surface area contributed by atoms with E-state index in [1.54, 1.807) is 0 Å². The maximum Gasteiger partial charge on any atom is 0.150 e. The van der Waals surface area contributed by atoms with Crippen LogP contribution in [-0.4, -0.2) is 12.4 Å². The molecule has 0 aliphatic carbocycles. The summed E-state index contributed by atoms with van der Waals surface area (Å²) in [4.78, 5) is 2.34. The third-order valence-electron chi connectivity index (χ3n) is 3.32.